The zero-order valence-corrected chi connectivity index (χ0v) is 12.5. The highest BCUT2D eigenvalue weighted by Gasteiger charge is 2.14. The Kier molecular flexibility index (Phi) is 6.70. The van der Waals surface area contributed by atoms with E-state index in [-0.39, 0.29) is 11.5 Å². The first-order valence-electron chi connectivity index (χ1n) is 6.05. The number of ether oxygens (including phenoxy) is 1. The van der Waals surface area contributed by atoms with E-state index in [2.05, 4.69) is 6.58 Å². The topological polar surface area (TPSA) is 32.8 Å². The Morgan fingerprint density at radius 2 is 1.83 bits per heavy atom. The van der Waals surface area contributed by atoms with E-state index in [1.54, 1.807) is 18.0 Å². The summed E-state index contributed by atoms with van der Waals surface area (Å²) in [6.07, 6.45) is 3.41. The first-order chi connectivity index (χ1) is 8.11. The van der Waals surface area contributed by atoms with Gasteiger partial charge in [-0.1, -0.05) is 12.7 Å². The smallest absolute Gasteiger partial charge is 0.246 e. The molecule has 0 aliphatic rings. The van der Waals surface area contributed by atoms with Gasteiger partial charge in [-0.2, -0.15) is 0 Å². The molecule has 18 heavy (non-hydrogen) atoms. The summed E-state index contributed by atoms with van der Waals surface area (Å²) in [5.74, 6) is 0.551. The molecule has 0 saturated heterocycles. The van der Waals surface area contributed by atoms with Gasteiger partial charge in [0.25, 0.3) is 0 Å². The Morgan fingerprint density at radius 1 is 1.28 bits per heavy atom. The zero-order chi connectivity index (χ0) is 14.3. The van der Waals surface area contributed by atoms with Crippen molar-refractivity contribution >= 4 is 5.91 Å². The second-order valence-electron chi connectivity index (χ2n) is 5.61. The van der Waals surface area contributed by atoms with Crippen LogP contribution in [0.5, 0.6) is 0 Å². The Balaban J connectivity index is 4.16. The highest BCUT2D eigenvalue weighted by Crippen LogP contribution is 2.12. The minimum absolute atomic E-state index is 0.0458. The molecule has 0 unspecified atom stereocenters. The van der Waals surface area contributed by atoms with Gasteiger partial charge in [-0.25, -0.2) is 0 Å². The van der Waals surface area contributed by atoms with Crippen LogP contribution in [0.25, 0.3) is 0 Å². The maximum absolute atomic E-state index is 11.7. The van der Waals surface area contributed by atoms with E-state index >= 15 is 0 Å². The van der Waals surface area contributed by atoms with Crippen LogP contribution in [0, 0.1) is 0 Å². The van der Waals surface area contributed by atoms with Crippen LogP contribution in [-0.2, 0) is 9.53 Å². The van der Waals surface area contributed by atoms with E-state index in [1.807, 2.05) is 45.8 Å². The molecule has 0 aromatic rings. The van der Waals surface area contributed by atoms with E-state index in [4.69, 9.17) is 4.74 Å². The molecule has 0 heterocycles. The Bertz CT molecular complexity index is 314. The minimum Gasteiger partial charge on any atom is -0.491 e. The number of hydrogen-bond donors (Lipinski definition) is 0. The number of likely N-dealkylation sites (N-methyl/N-ethyl adjacent to an activating group) is 2. The number of carbonyl (C=O) groups excluding carboxylic acids is 1. The van der Waals surface area contributed by atoms with E-state index in [0.717, 1.165) is 6.54 Å². The summed E-state index contributed by atoms with van der Waals surface area (Å²) >= 11 is 0. The third-order valence-electron chi connectivity index (χ3n) is 1.97. The van der Waals surface area contributed by atoms with Gasteiger partial charge in [-0.05, 0) is 34.9 Å². The van der Waals surface area contributed by atoms with Gasteiger partial charge in [-0.3, -0.25) is 4.79 Å². The molecule has 0 N–H and O–H groups in total. The normalized spacial score (nSPS) is 11.9. The lowest BCUT2D eigenvalue weighted by Gasteiger charge is -2.25. The highest BCUT2D eigenvalue weighted by molar-refractivity contribution is 5.87. The molecule has 1 amide bonds. The molecule has 0 bridgehead atoms. The number of amides is 1. The maximum atomic E-state index is 11.7. The van der Waals surface area contributed by atoms with E-state index in [0.29, 0.717) is 12.3 Å². The average molecular weight is 254 g/mol. The van der Waals surface area contributed by atoms with Gasteiger partial charge < -0.3 is 14.5 Å². The van der Waals surface area contributed by atoms with Gasteiger partial charge in [0.2, 0.25) is 5.91 Å². The number of rotatable bonds is 6. The van der Waals surface area contributed by atoms with Gasteiger partial charge in [-0.15, -0.1) is 0 Å². The number of nitrogens with zero attached hydrogens (tertiary/aromatic N) is 2. The molecule has 4 heteroatoms. The molecule has 0 atom stereocenters. The molecular weight excluding hydrogens is 228 g/mol. The molecule has 0 fully saturated rings. The summed E-state index contributed by atoms with van der Waals surface area (Å²) in [6.45, 7) is 10.8. The second-order valence-corrected chi connectivity index (χ2v) is 5.61. The van der Waals surface area contributed by atoms with Crippen molar-refractivity contribution < 1.29 is 9.53 Å². The monoisotopic (exact) mass is 254 g/mol. The largest absolute Gasteiger partial charge is 0.491 e. The second kappa shape index (κ2) is 7.21. The number of hydrogen-bond acceptors (Lipinski definition) is 3. The molecular formula is C14H26N2O2. The van der Waals surface area contributed by atoms with Gasteiger partial charge in [0.1, 0.15) is 11.4 Å². The highest BCUT2D eigenvalue weighted by atomic mass is 16.5. The molecule has 0 spiro atoms. The van der Waals surface area contributed by atoms with Crippen LogP contribution in [-0.4, -0.2) is 55.5 Å². The lowest BCUT2D eigenvalue weighted by atomic mass is 10.2. The van der Waals surface area contributed by atoms with Crippen molar-refractivity contribution in [1.29, 1.82) is 0 Å². The van der Waals surface area contributed by atoms with Crippen molar-refractivity contribution in [2.45, 2.75) is 26.4 Å². The van der Waals surface area contributed by atoms with Gasteiger partial charge in [0.05, 0.1) is 6.54 Å². The van der Waals surface area contributed by atoms with Gasteiger partial charge >= 0.3 is 0 Å². The van der Waals surface area contributed by atoms with Crippen molar-refractivity contribution in [1.82, 2.24) is 9.80 Å². The fourth-order valence-electron chi connectivity index (χ4n) is 1.30. The predicted octanol–water partition coefficient (Wildman–Crippen LogP) is 1.89. The van der Waals surface area contributed by atoms with Crippen molar-refractivity contribution in [2.24, 2.45) is 0 Å². The fourth-order valence-corrected chi connectivity index (χ4v) is 1.30. The number of carbonyl (C=O) groups is 1. The lowest BCUT2D eigenvalue weighted by molar-refractivity contribution is -0.125. The zero-order valence-electron chi connectivity index (χ0n) is 12.5. The molecule has 0 aliphatic heterocycles. The van der Waals surface area contributed by atoms with Gasteiger partial charge in [0, 0.05) is 19.7 Å². The molecule has 0 radical (unpaired) electrons. The van der Waals surface area contributed by atoms with Crippen molar-refractivity contribution in [3.05, 3.63) is 24.5 Å². The summed E-state index contributed by atoms with van der Waals surface area (Å²) in [4.78, 5) is 15.3. The quantitative estimate of drug-likeness (QED) is 0.536. The molecule has 0 rings (SSSR count). The molecule has 0 aromatic carbocycles. The van der Waals surface area contributed by atoms with Gasteiger partial charge in [0.15, 0.2) is 0 Å². The van der Waals surface area contributed by atoms with E-state index in [1.165, 1.54) is 0 Å². The van der Waals surface area contributed by atoms with Crippen LogP contribution in [0.15, 0.2) is 24.5 Å². The van der Waals surface area contributed by atoms with Crippen LogP contribution in [0.2, 0.25) is 0 Å². The first-order valence-corrected chi connectivity index (χ1v) is 6.05. The SMILES string of the molecule is C=C(CN(C)C(=O)/C=C/CN(C)C)OC(C)(C)C. The molecule has 104 valence electrons. The third kappa shape index (κ3) is 8.82. The first kappa shape index (κ1) is 16.7. The standard InChI is InChI=1S/C14H26N2O2/c1-12(18-14(2,3)4)11-16(7)13(17)9-8-10-15(5)6/h8-9H,1,10-11H2,2-7H3/b9-8+. The van der Waals surface area contributed by atoms with Crippen LogP contribution >= 0.6 is 0 Å². The van der Waals surface area contributed by atoms with Crippen LogP contribution in [0.1, 0.15) is 20.8 Å². The summed E-state index contributed by atoms with van der Waals surface area (Å²) < 4.78 is 5.58. The van der Waals surface area contributed by atoms with E-state index in [9.17, 15) is 4.79 Å². The Hall–Kier alpha value is -1.29. The van der Waals surface area contributed by atoms with Crippen LogP contribution < -0.4 is 0 Å². The lowest BCUT2D eigenvalue weighted by Crippen LogP contribution is -2.30. The molecule has 0 saturated carbocycles. The molecule has 0 aromatic heterocycles. The molecule has 4 nitrogen and oxygen atoms in total. The summed E-state index contributed by atoms with van der Waals surface area (Å²) in [7, 11) is 5.65. The van der Waals surface area contributed by atoms with Crippen molar-refractivity contribution in [3.63, 3.8) is 0 Å². The summed E-state index contributed by atoms with van der Waals surface area (Å²) in [5, 5.41) is 0. The average Bonchev–Trinajstić information content (AvgIpc) is 2.13. The third-order valence-corrected chi connectivity index (χ3v) is 1.97. The van der Waals surface area contributed by atoms with Crippen LogP contribution in [0.3, 0.4) is 0 Å². The summed E-state index contributed by atoms with van der Waals surface area (Å²) in [6, 6.07) is 0. The molecule has 0 aliphatic carbocycles. The maximum Gasteiger partial charge on any atom is 0.246 e. The minimum atomic E-state index is -0.276. The summed E-state index contributed by atoms with van der Waals surface area (Å²) in [5.41, 5.74) is -0.276. The van der Waals surface area contributed by atoms with Crippen molar-refractivity contribution in [3.8, 4) is 0 Å². The Morgan fingerprint density at radius 3 is 2.28 bits per heavy atom. The Labute approximate surface area is 111 Å². The van der Waals surface area contributed by atoms with E-state index < -0.39 is 0 Å². The fraction of sp³-hybridized carbons (Fsp3) is 0.643. The predicted molar refractivity (Wildman–Crippen MR) is 75.3 cm³/mol. The van der Waals surface area contributed by atoms with Crippen molar-refractivity contribution in [2.75, 3.05) is 34.2 Å². The van der Waals surface area contributed by atoms with Crippen LogP contribution in [0.4, 0.5) is 0 Å².